The van der Waals surface area contributed by atoms with Crippen molar-refractivity contribution in [2.24, 2.45) is 0 Å². The molecule has 0 aliphatic carbocycles. The minimum Gasteiger partial charge on any atom is -0.507 e. The van der Waals surface area contributed by atoms with E-state index in [4.69, 9.17) is 11.6 Å². The summed E-state index contributed by atoms with van der Waals surface area (Å²) >= 11 is 6.18. The van der Waals surface area contributed by atoms with Crippen LogP contribution in [0.2, 0.25) is 5.02 Å². The number of rotatable bonds is 5. The van der Waals surface area contributed by atoms with Gasteiger partial charge in [0.2, 0.25) is 0 Å². The highest BCUT2D eigenvalue weighted by Crippen LogP contribution is 2.30. The number of nitrogens with zero attached hydrogens (tertiary/aromatic N) is 1. The SMILES string of the molecule is O=C(/C=C(\O)c1cn(Cc2ccccc2)c2ccc(Cl)cc12)c1ccccc1O. The number of allylic oxidation sites excluding steroid dienone is 1. The van der Waals surface area contributed by atoms with E-state index in [-0.39, 0.29) is 17.1 Å². The number of aliphatic hydroxyl groups is 1. The molecular weight excluding hydrogens is 386 g/mol. The first-order valence-corrected chi connectivity index (χ1v) is 9.46. The smallest absolute Gasteiger partial charge is 0.193 e. The Labute approximate surface area is 172 Å². The van der Waals surface area contributed by atoms with Gasteiger partial charge in [-0.2, -0.15) is 0 Å². The molecule has 29 heavy (non-hydrogen) atoms. The van der Waals surface area contributed by atoms with Crippen molar-refractivity contribution in [2.45, 2.75) is 6.54 Å². The highest BCUT2D eigenvalue weighted by Gasteiger charge is 2.15. The summed E-state index contributed by atoms with van der Waals surface area (Å²) in [5, 5.41) is 21.9. The largest absolute Gasteiger partial charge is 0.507 e. The molecule has 0 saturated heterocycles. The molecule has 1 heterocycles. The summed E-state index contributed by atoms with van der Waals surface area (Å²) in [5.74, 6) is -0.792. The standard InChI is InChI=1S/C24H18ClNO3/c25-17-10-11-21-19(12-17)20(15-26(21)14-16-6-2-1-3-7-16)24(29)13-23(28)18-8-4-5-9-22(18)27/h1-13,15,27,29H,14H2/b24-13-. The quantitative estimate of drug-likeness (QED) is 0.250. The molecule has 0 amide bonds. The van der Waals surface area contributed by atoms with E-state index in [0.717, 1.165) is 22.5 Å². The molecule has 0 radical (unpaired) electrons. The van der Waals surface area contributed by atoms with E-state index >= 15 is 0 Å². The number of carbonyl (C=O) groups is 1. The first-order chi connectivity index (χ1) is 14.0. The van der Waals surface area contributed by atoms with Gasteiger partial charge in [0.05, 0.1) is 5.56 Å². The highest BCUT2D eigenvalue weighted by molar-refractivity contribution is 6.31. The lowest BCUT2D eigenvalue weighted by Gasteiger charge is -2.05. The van der Waals surface area contributed by atoms with Gasteiger partial charge in [0.25, 0.3) is 0 Å². The Kier molecular flexibility index (Phi) is 5.10. The van der Waals surface area contributed by atoms with Crippen LogP contribution >= 0.6 is 11.6 Å². The van der Waals surface area contributed by atoms with Gasteiger partial charge in [-0.3, -0.25) is 4.79 Å². The summed E-state index contributed by atoms with van der Waals surface area (Å²) in [6.07, 6.45) is 2.93. The van der Waals surface area contributed by atoms with Crippen molar-refractivity contribution in [3.63, 3.8) is 0 Å². The van der Waals surface area contributed by atoms with E-state index in [2.05, 4.69) is 0 Å². The molecule has 0 unspecified atom stereocenters. The summed E-state index contributed by atoms with van der Waals surface area (Å²) in [4.78, 5) is 12.5. The highest BCUT2D eigenvalue weighted by atomic mass is 35.5. The maximum atomic E-state index is 12.5. The van der Waals surface area contributed by atoms with Gasteiger partial charge >= 0.3 is 0 Å². The van der Waals surface area contributed by atoms with Crippen LogP contribution < -0.4 is 0 Å². The lowest BCUT2D eigenvalue weighted by atomic mass is 10.1. The number of phenolic OH excluding ortho intramolecular Hbond substituents is 1. The number of ketones is 1. The normalized spacial score (nSPS) is 11.7. The van der Waals surface area contributed by atoms with Gasteiger partial charge in [0.1, 0.15) is 11.5 Å². The zero-order valence-corrected chi connectivity index (χ0v) is 16.2. The Bertz CT molecular complexity index is 1230. The number of hydrogen-bond acceptors (Lipinski definition) is 3. The molecule has 0 aliphatic heterocycles. The first-order valence-electron chi connectivity index (χ1n) is 9.08. The third-order valence-corrected chi connectivity index (χ3v) is 4.99. The van der Waals surface area contributed by atoms with Crippen LogP contribution in [0.15, 0.2) is 85.1 Å². The fourth-order valence-electron chi connectivity index (χ4n) is 3.35. The summed E-state index contributed by atoms with van der Waals surface area (Å²) in [6.45, 7) is 0.611. The van der Waals surface area contributed by atoms with Crippen molar-refractivity contribution in [1.82, 2.24) is 4.57 Å². The van der Waals surface area contributed by atoms with Gasteiger partial charge in [-0.15, -0.1) is 0 Å². The number of phenols is 1. The lowest BCUT2D eigenvalue weighted by Crippen LogP contribution is -1.98. The topological polar surface area (TPSA) is 62.5 Å². The number of aromatic nitrogens is 1. The molecule has 4 rings (SSSR count). The second kappa shape index (κ2) is 7.86. The average molecular weight is 404 g/mol. The van der Waals surface area contributed by atoms with Crippen molar-refractivity contribution < 1.29 is 15.0 Å². The van der Waals surface area contributed by atoms with Crippen molar-refractivity contribution >= 4 is 34.0 Å². The Morgan fingerprint density at radius 1 is 0.966 bits per heavy atom. The first kappa shape index (κ1) is 18.8. The van der Waals surface area contributed by atoms with Gasteiger partial charge in [0.15, 0.2) is 5.78 Å². The van der Waals surface area contributed by atoms with Crippen LogP contribution in [-0.2, 0) is 6.54 Å². The van der Waals surface area contributed by atoms with Crippen LogP contribution in [0.4, 0.5) is 0 Å². The van der Waals surface area contributed by atoms with E-state index < -0.39 is 5.78 Å². The molecule has 1 aromatic heterocycles. The Morgan fingerprint density at radius 2 is 1.69 bits per heavy atom. The van der Waals surface area contributed by atoms with Crippen molar-refractivity contribution in [3.8, 4) is 5.75 Å². The molecule has 4 nitrogen and oxygen atoms in total. The van der Waals surface area contributed by atoms with Crippen molar-refractivity contribution in [1.29, 1.82) is 0 Å². The Hall–Kier alpha value is -3.50. The molecule has 0 saturated carbocycles. The van der Waals surface area contributed by atoms with Gasteiger partial charge in [-0.1, -0.05) is 54.1 Å². The fraction of sp³-hybridized carbons (Fsp3) is 0.0417. The number of aromatic hydroxyl groups is 1. The van der Waals surface area contributed by atoms with Crippen LogP contribution in [0.1, 0.15) is 21.5 Å². The van der Waals surface area contributed by atoms with E-state index in [1.807, 2.05) is 41.0 Å². The number of para-hydroxylation sites is 1. The zero-order chi connectivity index (χ0) is 20.4. The molecule has 144 valence electrons. The molecule has 5 heteroatoms. The molecule has 0 fully saturated rings. The minimum absolute atomic E-state index is 0.129. The molecule has 0 atom stereocenters. The van der Waals surface area contributed by atoms with E-state index in [1.165, 1.54) is 12.1 Å². The van der Waals surface area contributed by atoms with Crippen molar-refractivity contribution in [2.75, 3.05) is 0 Å². The van der Waals surface area contributed by atoms with Crippen LogP contribution in [0.3, 0.4) is 0 Å². The number of aliphatic hydroxyl groups excluding tert-OH is 1. The number of fused-ring (bicyclic) bond motifs is 1. The number of halogens is 1. The van der Waals surface area contributed by atoms with Gasteiger partial charge < -0.3 is 14.8 Å². The second-order valence-corrected chi connectivity index (χ2v) is 7.17. The maximum absolute atomic E-state index is 12.5. The monoisotopic (exact) mass is 403 g/mol. The second-order valence-electron chi connectivity index (χ2n) is 6.73. The molecule has 3 aromatic carbocycles. The lowest BCUT2D eigenvalue weighted by molar-refractivity contribution is 0.104. The van der Waals surface area contributed by atoms with Gasteiger partial charge in [0, 0.05) is 40.3 Å². The minimum atomic E-state index is -0.480. The van der Waals surface area contributed by atoms with Crippen LogP contribution in [-0.4, -0.2) is 20.6 Å². The van der Waals surface area contributed by atoms with Crippen LogP contribution in [0.25, 0.3) is 16.7 Å². The van der Waals surface area contributed by atoms with Gasteiger partial charge in [-0.05, 0) is 35.9 Å². The number of hydrogen-bond donors (Lipinski definition) is 2. The Balaban J connectivity index is 1.77. The number of benzene rings is 3. The van der Waals surface area contributed by atoms with Crippen LogP contribution in [0, 0.1) is 0 Å². The predicted molar refractivity (Wildman–Crippen MR) is 116 cm³/mol. The molecule has 4 aromatic rings. The number of carbonyl (C=O) groups excluding carboxylic acids is 1. The fourth-order valence-corrected chi connectivity index (χ4v) is 3.52. The summed E-state index contributed by atoms with van der Waals surface area (Å²) in [5.41, 5.74) is 2.63. The average Bonchev–Trinajstić information content (AvgIpc) is 3.06. The summed E-state index contributed by atoms with van der Waals surface area (Å²) < 4.78 is 2.00. The molecule has 0 bridgehead atoms. The summed E-state index contributed by atoms with van der Waals surface area (Å²) in [7, 11) is 0. The maximum Gasteiger partial charge on any atom is 0.193 e. The Morgan fingerprint density at radius 3 is 2.45 bits per heavy atom. The third-order valence-electron chi connectivity index (χ3n) is 4.75. The zero-order valence-electron chi connectivity index (χ0n) is 15.4. The molecular formula is C24H18ClNO3. The molecule has 0 spiro atoms. The van der Waals surface area contributed by atoms with E-state index in [9.17, 15) is 15.0 Å². The van der Waals surface area contributed by atoms with Crippen molar-refractivity contribution in [3.05, 3.63) is 107 Å². The predicted octanol–water partition coefficient (Wildman–Crippen LogP) is 5.83. The molecule has 2 N–H and O–H groups in total. The molecule has 0 aliphatic rings. The third kappa shape index (κ3) is 3.89. The van der Waals surface area contributed by atoms with E-state index in [1.54, 1.807) is 30.5 Å². The van der Waals surface area contributed by atoms with E-state index in [0.29, 0.717) is 17.1 Å². The summed E-state index contributed by atoms with van der Waals surface area (Å²) in [6, 6.07) is 21.6. The van der Waals surface area contributed by atoms with Crippen LogP contribution in [0.5, 0.6) is 5.75 Å². The van der Waals surface area contributed by atoms with Gasteiger partial charge in [-0.25, -0.2) is 0 Å².